The molecule has 29 heavy (non-hydrogen) atoms. The zero-order valence-corrected chi connectivity index (χ0v) is 18.3. The number of carbonyl (C=O) groups excluding carboxylic acids is 2. The highest BCUT2D eigenvalue weighted by molar-refractivity contribution is 7.10. The third-order valence-electron chi connectivity index (χ3n) is 6.20. The standard InChI is InChI=1S/C24H30N2O2S/c1-16(2)15-26-22(20-9-6-14-29-20)21(18-7-4-5-8-19(18)23(26)27)24(28)25-12-10-17(3)11-13-25/h4-9,14,16-17,21-22H,10-13,15H2,1-3H3/t21-,22+/m1/s1. The minimum Gasteiger partial charge on any atom is -0.342 e. The van der Waals surface area contributed by atoms with Crippen molar-refractivity contribution in [2.75, 3.05) is 19.6 Å². The molecule has 5 heteroatoms. The van der Waals surface area contributed by atoms with Crippen LogP contribution in [0.3, 0.4) is 0 Å². The largest absolute Gasteiger partial charge is 0.342 e. The first-order valence-corrected chi connectivity index (χ1v) is 11.6. The first kappa shape index (κ1) is 20.1. The van der Waals surface area contributed by atoms with Crippen LogP contribution in [0.4, 0.5) is 0 Å². The van der Waals surface area contributed by atoms with Gasteiger partial charge in [0, 0.05) is 30.1 Å². The Morgan fingerprint density at radius 2 is 1.86 bits per heavy atom. The minimum absolute atomic E-state index is 0.0454. The van der Waals surface area contributed by atoms with Gasteiger partial charge in [0.1, 0.15) is 0 Å². The predicted octanol–water partition coefficient (Wildman–Crippen LogP) is 4.94. The van der Waals surface area contributed by atoms with Crippen molar-refractivity contribution in [3.8, 4) is 0 Å². The van der Waals surface area contributed by atoms with Gasteiger partial charge in [-0.3, -0.25) is 9.59 Å². The average Bonchev–Trinajstić information content (AvgIpc) is 3.24. The number of thiophene rings is 1. The van der Waals surface area contributed by atoms with Crippen molar-refractivity contribution >= 4 is 23.2 Å². The van der Waals surface area contributed by atoms with Gasteiger partial charge in [-0.2, -0.15) is 0 Å². The molecule has 2 aliphatic rings. The SMILES string of the molecule is CC(C)CN1C(=O)c2ccccc2[C@@H](C(=O)N2CCC(C)CC2)[C@@H]1c1cccs1. The second kappa shape index (κ2) is 8.31. The van der Waals surface area contributed by atoms with Gasteiger partial charge < -0.3 is 9.80 Å². The summed E-state index contributed by atoms with van der Waals surface area (Å²) in [6, 6.07) is 11.6. The summed E-state index contributed by atoms with van der Waals surface area (Å²) in [6.45, 7) is 8.79. The summed E-state index contributed by atoms with van der Waals surface area (Å²) in [6.07, 6.45) is 2.11. The topological polar surface area (TPSA) is 40.6 Å². The molecule has 1 aromatic carbocycles. The summed E-state index contributed by atoms with van der Waals surface area (Å²) in [5, 5.41) is 2.04. The monoisotopic (exact) mass is 410 g/mol. The molecule has 154 valence electrons. The quantitative estimate of drug-likeness (QED) is 0.716. The molecule has 2 aromatic rings. The molecule has 2 amide bonds. The smallest absolute Gasteiger partial charge is 0.254 e. The first-order chi connectivity index (χ1) is 14.0. The Morgan fingerprint density at radius 3 is 2.52 bits per heavy atom. The van der Waals surface area contributed by atoms with Crippen LogP contribution in [0.25, 0.3) is 0 Å². The Morgan fingerprint density at radius 1 is 1.14 bits per heavy atom. The third-order valence-corrected chi connectivity index (χ3v) is 7.14. The average molecular weight is 411 g/mol. The van der Waals surface area contributed by atoms with Crippen molar-refractivity contribution in [3.05, 3.63) is 57.8 Å². The number of hydrogen-bond acceptors (Lipinski definition) is 3. The predicted molar refractivity (Wildman–Crippen MR) is 117 cm³/mol. The normalized spacial score (nSPS) is 22.8. The fraction of sp³-hybridized carbons (Fsp3) is 0.500. The molecule has 0 saturated carbocycles. The lowest BCUT2D eigenvalue weighted by Crippen LogP contribution is -2.50. The number of hydrogen-bond donors (Lipinski definition) is 0. The molecule has 1 fully saturated rings. The van der Waals surface area contributed by atoms with E-state index in [1.165, 1.54) is 0 Å². The van der Waals surface area contributed by atoms with Crippen LogP contribution < -0.4 is 0 Å². The van der Waals surface area contributed by atoms with Crippen LogP contribution in [-0.2, 0) is 4.79 Å². The summed E-state index contributed by atoms with van der Waals surface area (Å²) >= 11 is 1.64. The Hall–Kier alpha value is -2.14. The highest BCUT2D eigenvalue weighted by Crippen LogP contribution is 2.45. The van der Waals surface area contributed by atoms with Crippen LogP contribution in [0, 0.1) is 11.8 Å². The molecule has 4 rings (SSSR count). The lowest BCUT2D eigenvalue weighted by molar-refractivity contribution is -0.136. The third kappa shape index (κ3) is 3.85. The van der Waals surface area contributed by atoms with E-state index in [0.717, 1.165) is 36.4 Å². The van der Waals surface area contributed by atoms with E-state index in [1.807, 2.05) is 45.5 Å². The summed E-state index contributed by atoms with van der Waals surface area (Å²) in [5.41, 5.74) is 1.57. The van der Waals surface area contributed by atoms with Crippen molar-refractivity contribution in [1.82, 2.24) is 9.80 Å². The van der Waals surface area contributed by atoms with Gasteiger partial charge in [0.2, 0.25) is 5.91 Å². The van der Waals surface area contributed by atoms with E-state index < -0.39 is 0 Å². The summed E-state index contributed by atoms with van der Waals surface area (Å²) in [4.78, 5) is 32.4. The van der Waals surface area contributed by atoms with Crippen LogP contribution in [0.5, 0.6) is 0 Å². The molecular formula is C24H30N2O2S. The Balaban J connectivity index is 1.81. The molecule has 1 saturated heterocycles. The van der Waals surface area contributed by atoms with Crippen molar-refractivity contribution < 1.29 is 9.59 Å². The molecular weight excluding hydrogens is 380 g/mol. The second-order valence-electron chi connectivity index (χ2n) is 8.88. The maximum Gasteiger partial charge on any atom is 0.254 e. The molecule has 3 heterocycles. The second-order valence-corrected chi connectivity index (χ2v) is 9.86. The molecule has 0 aliphatic carbocycles. The van der Waals surface area contributed by atoms with E-state index in [9.17, 15) is 9.59 Å². The van der Waals surface area contributed by atoms with Gasteiger partial charge in [-0.1, -0.05) is 45.0 Å². The maximum atomic E-state index is 13.9. The fourth-order valence-corrected chi connectivity index (χ4v) is 5.53. The molecule has 2 aliphatic heterocycles. The molecule has 2 atom stereocenters. The van der Waals surface area contributed by atoms with E-state index in [0.29, 0.717) is 23.9 Å². The van der Waals surface area contributed by atoms with Crippen LogP contribution in [0.1, 0.15) is 66.4 Å². The fourth-order valence-electron chi connectivity index (χ4n) is 4.66. The molecule has 4 nitrogen and oxygen atoms in total. The van der Waals surface area contributed by atoms with E-state index in [2.05, 4.69) is 26.8 Å². The minimum atomic E-state index is -0.338. The van der Waals surface area contributed by atoms with Crippen LogP contribution in [-0.4, -0.2) is 41.2 Å². The maximum absolute atomic E-state index is 13.9. The number of benzene rings is 1. The van der Waals surface area contributed by atoms with E-state index >= 15 is 0 Å². The molecule has 0 N–H and O–H groups in total. The summed E-state index contributed by atoms with van der Waals surface area (Å²) in [7, 11) is 0. The summed E-state index contributed by atoms with van der Waals surface area (Å²) in [5.74, 6) is 0.880. The van der Waals surface area contributed by atoms with E-state index in [4.69, 9.17) is 0 Å². The molecule has 0 radical (unpaired) electrons. The van der Waals surface area contributed by atoms with Gasteiger partial charge in [0.05, 0.1) is 12.0 Å². The van der Waals surface area contributed by atoms with E-state index in [-0.39, 0.29) is 23.8 Å². The number of piperidine rings is 1. The van der Waals surface area contributed by atoms with E-state index in [1.54, 1.807) is 11.3 Å². The number of rotatable bonds is 4. The van der Waals surface area contributed by atoms with Crippen LogP contribution >= 0.6 is 11.3 Å². The highest BCUT2D eigenvalue weighted by atomic mass is 32.1. The van der Waals surface area contributed by atoms with Gasteiger partial charge >= 0.3 is 0 Å². The number of amides is 2. The zero-order chi connectivity index (χ0) is 20.5. The molecule has 0 bridgehead atoms. The highest BCUT2D eigenvalue weighted by Gasteiger charge is 2.46. The molecule has 0 spiro atoms. The first-order valence-electron chi connectivity index (χ1n) is 10.7. The van der Waals surface area contributed by atoms with Crippen LogP contribution in [0.15, 0.2) is 41.8 Å². The Labute approximate surface area is 177 Å². The Bertz CT molecular complexity index is 869. The van der Waals surface area contributed by atoms with Gasteiger partial charge in [0.15, 0.2) is 0 Å². The van der Waals surface area contributed by atoms with Gasteiger partial charge in [-0.05, 0) is 47.8 Å². The number of likely N-dealkylation sites (tertiary alicyclic amines) is 1. The molecule has 0 unspecified atom stereocenters. The van der Waals surface area contributed by atoms with Crippen molar-refractivity contribution in [2.24, 2.45) is 11.8 Å². The lowest BCUT2D eigenvalue weighted by atomic mass is 9.80. The van der Waals surface area contributed by atoms with Crippen molar-refractivity contribution in [1.29, 1.82) is 0 Å². The zero-order valence-electron chi connectivity index (χ0n) is 17.5. The molecule has 1 aromatic heterocycles. The van der Waals surface area contributed by atoms with Crippen molar-refractivity contribution in [2.45, 2.75) is 45.6 Å². The van der Waals surface area contributed by atoms with Crippen molar-refractivity contribution in [3.63, 3.8) is 0 Å². The van der Waals surface area contributed by atoms with Gasteiger partial charge in [-0.25, -0.2) is 0 Å². The lowest BCUT2D eigenvalue weighted by Gasteiger charge is -2.44. The van der Waals surface area contributed by atoms with Gasteiger partial charge in [-0.15, -0.1) is 11.3 Å². The van der Waals surface area contributed by atoms with Gasteiger partial charge in [0.25, 0.3) is 5.91 Å². The number of fused-ring (bicyclic) bond motifs is 1. The summed E-state index contributed by atoms with van der Waals surface area (Å²) < 4.78 is 0. The number of nitrogens with zero attached hydrogens (tertiary/aromatic N) is 2. The Kier molecular flexibility index (Phi) is 5.77. The number of carbonyl (C=O) groups is 2. The van der Waals surface area contributed by atoms with Crippen LogP contribution in [0.2, 0.25) is 0 Å².